The average molecular weight is 321 g/mol. The third kappa shape index (κ3) is 3.98. The summed E-state index contributed by atoms with van der Waals surface area (Å²) < 4.78 is 0.678. The zero-order chi connectivity index (χ0) is 13.0. The highest BCUT2D eigenvalue weighted by molar-refractivity contribution is 9.10. The first-order chi connectivity index (χ1) is 7.95. The zero-order valence-electron chi connectivity index (χ0n) is 9.71. The van der Waals surface area contributed by atoms with Crippen LogP contribution < -0.4 is 5.32 Å². The van der Waals surface area contributed by atoms with E-state index in [1.807, 2.05) is 13.8 Å². The minimum absolute atomic E-state index is 0.0713. The smallest absolute Gasteiger partial charge is 0.251 e. The van der Waals surface area contributed by atoms with Gasteiger partial charge in [0.25, 0.3) is 5.91 Å². The van der Waals surface area contributed by atoms with E-state index < -0.39 is 0 Å². The standard InChI is InChI=1S/C12H15BrClNO2/c1-7(2)11(6-16)15-12(17)8-3-4-10(14)9(13)5-8/h3-5,7,11,16H,6H2,1-2H3,(H,15,17). The quantitative estimate of drug-likeness (QED) is 0.896. The van der Waals surface area contributed by atoms with E-state index >= 15 is 0 Å². The van der Waals surface area contributed by atoms with Crippen LogP contribution in [-0.4, -0.2) is 23.7 Å². The first kappa shape index (κ1) is 14.5. The van der Waals surface area contributed by atoms with Crippen LogP contribution in [0.5, 0.6) is 0 Å². The molecule has 0 spiro atoms. The lowest BCUT2D eigenvalue weighted by Gasteiger charge is -2.19. The van der Waals surface area contributed by atoms with Crippen molar-refractivity contribution in [2.45, 2.75) is 19.9 Å². The van der Waals surface area contributed by atoms with E-state index in [2.05, 4.69) is 21.2 Å². The van der Waals surface area contributed by atoms with Crippen molar-refractivity contribution in [1.29, 1.82) is 0 Å². The molecule has 0 aliphatic heterocycles. The van der Waals surface area contributed by atoms with Crippen molar-refractivity contribution in [3.63, 3.8) is 0 Å². The van der Waals surface area contributed by atoms with Gasteiger partial charge < -0.3 is 10.4 Å². The average Bonchev–Trinajstić information content (AvgIpc) is 2.28. The van der Waals surface area contributed by atoms with Crippen molar-refractivity contribution in [3.8, 4) is 0 Å². The van der Waals surface area contributed by atoms with Crippen LogP contribution in [0.15, 0.2) is 22.7 Å². The molecule has 0 saturated heterocycles. The second-order valence-corrected chi connectivity index (χ2v) is 5.40. The van der Waals surface area contributed by atoms with Gasteiger partial charge in [-0.25, -0.2) is 0 Å². The van der Waals surface area contributed by atoms with Gasteiger partial charge in [-0.1, -0.05) is 25.4 Å². The molecule has 0 radical (unpaired) electrons. The summed E-state index contributed by atoms with van der Waals surface area (Å²) >= 11 is 9.12. The molecule has 17 heavy (non-hydrogen) atoms. The number of rotatable bonds is 4. The van der Waals surface area contributed by atoms with Gasteiger partial charge in [-0.15, -0.1) is 0 Å². The lowest BCUT2D eigenvalue weighted by molar-refractivity contribution is 0.0897. The zero-order valence-corrected chi connectivity index (χ0v) is 12.0. The van der Waals surface area contributed by atoms with Crippen LogP contribution in [0, 0.1) is 5.92 Å². The summed E-state index contributed by atoms with van der Waals surface area (Å²) in [6.07, 6.45) is 0. The van der Waals surface area contributed by atoms with Crippen LogP contribution in [0.1, 0.15) is 24.2 Å². The second-order valence-electron chi connectivity index (χ2n) is 4.14. The number of carbonyl (C=O) groups is 1. The third-order valence-corrected chi connectivity index (χ3v) is 3.71. The molecular formula is C12H15BrClNO2. The normalized spacial score (nSPS) is 12.6. The van der Waals surface area contributed by atoms with E-state index in [0.717, 1.165) is 0 Å². The van der Waals surface area contributed by atoms with Gasteiger partial charge >= 0.3 is 0 Å². The van der Waals surface area contributed by atoms with E-state index in [1.165, 1.54) is 0 Å². The van der Waals surface area contributed by atoms with Crippen LogP contribution in [0.2, 0.25) is 5.02 Å². The highest BCUT2D eigenvalue weighted by Crippen LogP contribution is 2.23. The van der Waals surface area contributed by atoms with Crippen LogP contribution in [-0.2, 0) is 0 Å². The highest BCUT2D eigenvalue weighted by Gasteiger charge is 2.16. The summed E-state index contributed by atoms with van der Waals surface area (Å²) in [5.41, 5.74) is 0.514. The fourth-order valence-corrected chi connectivity index (χ4v) is 1.81. The van der Waals surface area contributed by atoms with Crippen LogP contribution in [0.3, 0.4) is 0 Å². The second kappa shape index (κ2) is 6.38. The minimum atomic E-state index is -0.239. The molecule has 0 heterocycles. The molecule has 1 aromatic carbocycles. The van der Waals surface area contributed by atoms with Crippen molar-refractivity contribution in [2.75, 3.05) is 6.61 Å². The lowest BCUT2D eigenvalue weighted by atomic mass is 10.0. The van der Waals surface area contributed by atoms with E-state index in [9.17, 15) is 4.79 Å². The van der Waals surface area contributed by atoms with E-state index in [1.54, 1.807) is 18.2 Å². The number of amides is 1. The maximum atomic E-state index is 11.9. The molecule has 5 heteroatoms. The summed E-state index contributed by atoms with van der Waals surface area (Å²) in [7, 11) is 0. The summed E-state index contributed by atoms with van der Waals surface area (Å²) in [6.45, 7) is 3.82. The van der Waals surface area contributed by atoms with Crippen molar-refractivity contribution < 1.29 is 9.90 Å². The van der Waals surface area contributed by atoms with Crippen LogP contribution >= 0.6 is 27.5 Å². The SMILES string of the molecule is CC(C)C(CO)NC(=O)c1ccc(Cl)c(Br)c1. The molecule has 0 fully saturated rings. The third-order valence-electron chi connectivity index (χ3n) is 2.50. The molecule has 0 aliphatic rings. The van der Waals surface area contributed by atoms with Crippen molar-refractivity contribution in [1.82, 2.24) is 5.32 Å². The Morgan fingerprint density at radius 3 is 2.65 bits per heavy atom. The number of nitrogens with one attached hydrogen (secondary N) is 1. The summed E-state index contributed by atoms with van der Waals surface area (Å²) in [4.78, 5) is 11.9. The largest absolute Gasteiger partial charge is 0.394 e. The Bertz CT molecular complexity index is 409. The Kier molecular flexibility index (Phi) is 5.43. The van der Waals surface area contributed by atoms with Gasteiger partial charge in [0.15, 0.2) is 0 Å². The number of benzene rings is 1. The molecule has 1 aromatic rings. The van der Waals surface area contributed by atoms with Crippen LogP contribution in [0.4, 0.5) is 0 Å². The van der Waals surface area contributed by atoms with Crippen LogP contribution in [0.25, 0.3) is 0 Å². The molecule has 0 aromatic heterocycles. The first-order valence-corrected chi connectivity index (χ1v) is 6.49. The maximum Gasteiger partial charge on any atom is 0.251 e. The predicted octanol–water partition coefficient (Wildman–Crippen LogP) is 2.85. The van der Waals surface area contributed by atoms with Crippen molar-refractivity contribution >= 4 is 33.4 Å². The number of carbonyl (C=O) groups excluding carboxylic acids is 1. The number of halogens is 2. The predicted molar refractivity (Wildman–Crippen MR) is 72.3 cm³/mol. The van der Waals surface area contributed by atoms with Gasteiger partial charge in [0.05, 0.1) is 17.7 Å². The molecule has 0 aliphatic carbocycles. The molecule has 1 atom stereocenters. The minimum Gasteiger partial charge on any atom is -0.394 e. The number of hydrogen-bond donors (Lipinski definition) is 2. The Balaban J connectivity index is 2.79. The van der Waals surface area contributed by atoms with Gasteiger partial charge in [-0.05, 0) is 40.0 Å². The van der Waals surface area contributed by atoms with E-state index in [0.29, 0.717) is 15.1 Å². The lowest BCUT2D eigenvalue weighted by Crippen LogP contribution is -2.41. The van der Waals surface area contributed by atoms with Gasteiger partial charge in [0, 0.05) is 10.0 Å². The monoisotopic (exact) mass is 319 g/mol. The fraction of sp³-hybridized carbons (Fsp3) is 0.417. The van der Waals surface area contributed by atoms with Gasteiger partial charge in [-0.3, -0.25) is 4.79 Å². The molecule has 1 unspecified atom stereocenters. The molecule has 3 nitrogen and oxygen atoms in total. The Labute approximate surface area is 114 Å². The fourth-order valence-electron chi connectivity index (χ4n) is 1.31. The topological polar surface area (TPSA) is 49.3 Å². The van der Waals surface area contributed by atoms with Crippen molar-refractivity contribution in [2.24, 2.45) is 5.92 Å². The Hall–Kier alpha value is -0.580. The molecule has 0 saturated carbocycles. The Morgan fingerprint density at radius 2 is 2.18 bits per heavy atom. The van der Waals surface area contributed by atoms with Gasteiger partial charge in [0.2, 0.25) is 0 Å². The summed E-state index contributed by atoms with van der Waals surface area (Å²) in [6, 6.07) is 4.73. The number of aliphatic hydroxyl groups excluding tert-OH is 1. The molecular weight excluding hydrogens is 305 g/mol. The number of aliphatic hydroxyl groups is 1. The van der Waals surface area contributed by atoms with Gasteiger partial charge in [-0.2, -0.15) is 0 Å². The molecule has 1 rings (SSSR count). The summed E-state index contributed by atoms with van der Waals surface area (Å²) in [5, 5.41) is 12.5. The molecule has 0 bridgehead atoms. The number of hydrogen-bond acceptors (Lipinski definition) is 2. The maximum absolute atomic E-state index is 11.9. The summed E-state index contributed by atoms with van der Waals surface area (Å²) in [5.74, 6) is -0.0326. The highest BCUT2D eigenvalue weighted by atomic mass is 79.9. The Morgan fingerprint density at radius 1 is 1.53 bits per heavy atom. The molecule has 94 valence electrons. The van der Waals surface area contributed by atoms with Gasteiger partial charge in [0.1, 0.15) is 0 Å². The molecule has 1 amide bonds. The molecule has 2 N–H and O–H groups in total. The first-order valence-electron chi connectivity index (χ1n) is 5.32. The van der Waals surface area contributed by atoms with Crippen molar-refractivity contribution in [3.05, 3.63) is 33.3 Å². The van der Waals surface area contributed by atoms with E-state index in [4.69, 9.17) is 16.7 Å². The van der Waals surface area contributed by atoms with E-state index in [-0.39, 0.29) is 24.5 Å².